The molecule has 1 rings (SSSR count). The summed E-state index contributed by atoms with van der Waals surface area (Å²) >= 11 is 0. The highest BCUT2D eigenvalue weighted by Gasteiger charge is 2.28. The molecule has 1 heterocycles. The third kappa shape index (κ3) is 9.21. The van der Waals surface area contributed by atoms with Gasteiger partial charge >= 0.3 is 0 Å². The smallest absolute Gasteiger partial charge is 0.234 e. The van der Waals surface area contributed by atoms with Crippen molar-refractivity contribution < 1.29 is 9.59 Å². The van der Waals surface area contributed by atoms with E-state index in [0.717, 1.165) is 45.6 Å². The highest BCUT2D eigenvalue weighted by molar-refractivity contribution is 5.78. The molecule has 0 aromatic carbocycles. The molecular weight excluding hydrogens is 316 g/mol. The SMILES string of the molecule is CCC[C@H]1CN(CC(=O)NCC(C)C)CCN1CC(=O)NCC(C)C. The summed E-state index contributed by atoms with van der Waals surface area (Å²) in [5.74, 6) is 1.15. The number of piperazine rings is 1. The van der Waals surface area contributed by atoms with Gasteiger partial charge < -0.3 is 10.6 Å². The lowest BCUT2D eigenvalue weighted by Crippen LogP contribution is -2.57. The summed E-state index contributed by atoms with van der Waals surface area (Å²) in [5.41, 5.74) is 0. The Morgan fingerprint density at radius 3 is 2.04 bits per heavy atom. The molecule has 0 aromatic rings. The van der Waals surface area contributed by atoms with Crippen LogP contribution in [0.15, 0.2) is 0 Å². The molecule has 0 unspecified atom stereocenters. The fourth-order valence-corrected chi connectivity index (χ4v) is 3.05. The number of hydrogen-bond donors (Lipinski definition) is 2. The van der Waals surface area contributed by atoms with Crippen LogP contribution in [0.25, 0.3) is 0 Å². The van der Waals surface area contributed by atoms with Gasteiger partial charge in [0.25, 0.3) is 0 Å². The summed E-state index contributed by atoms with van der Waals surface area (Å²) in [7, 11) is 0. The summed E-state index contributed by atoms with van der Waals surface area (Å²) in [4.78, 5) is 28.7. The van der Waals surface area contributed by atoms with Crippen molar-refractivity contribution in [1.82, 2.24) is 20.4 Å². The van der Waals surface area contributed by atoms with Crippen LogP contribution in [0.3, 0.4) is 0 Å². The van der Waals surface area contributed by atoms with E-state index in [9.17, 15) is 9.59 Å². The standard InChI is InChI=1S/C19H38N4O2/c1-6-7-17-12-22(13-18(24)20-10-15(2)3)8-9-23(17)14-19(25)21-11-16(4)5/h15-17H,6-14H2,1-5H3,(H,20,24)(H,21,25)/t17-/m0/s1. The van der Waals surface area contributed by atoms with Crippen molar-refractivity contribution in [2.75, 3.05) is 45.8 Å². The van der Waals surface area contributed by atoms with E-state index in [4.69, 9.17) is 0 Å². The van der Waals surface area contributed by atoms with Crippen LogP contribution in [-0.2, 0) is 9.59 Å². The zero-order chi connectivity index (χ0) is 18.8. The minimum absolute atomic E-state index is 0.104. The number of carbonyl (C=O) groups is 2. The second-order valence-corrected chi connectivity index (χ2v) is 8.04. The fraction of sp³-hybridized carbons (Fsp3) is 0.895. The van der Waals surface area contributed by atoms with E-state index >= 15 is 0 Å². The maximum absolute atomic E-state index is 12.1. The Hall–Kier alpha value is -1.14. The largest absolute Gasteiger partial charge is 0.355 e. The van der Waals surface area contributed by atoms with Crippen LogP contribution in [0.1, 0.15) is 47.5 Å². The molecule has 6 nitrogen and oxygen atoms in total. The zero-order valence-electron chi connectivity index (χ0n) is 16.8. The summed E-state index contributed by atoms with van der Waals surface area (Å²) < 4.78 is 0. The van der Waals surface area contributed by atoms with Crippen molar-refractivity contribution >= 4 is 11.8 Å². The van der Waals surface area contributed by atoms with Gasteiger partial charge in [0.15, 0.2) is 0 Å². The summed E-state index contributed by atoms with van der Waals surface area (Å²) in [6.45, 7) is 15.5. The lowest BCUT2D eigenvalue weighted by Gasteiger charge is -2.41. The van der Waals surface area contributed by atoms with Gasteiger partial charge in [0.1, 0.15) is 0 Å². The van der Waals surface area contributed by atoms with Gasteiger partial charge in [-0.2, -0.15) is 0 Å². The first-order valence-corrected chi connectivity index (χ1v) is 9.81. The lowest BCUT2D eigenvalue weighted by atomic mass is 10.1. The predicted molar refractivity (Wildman–Crippen MR) is 102 cm³/mol. The van der Waals surface area contributed by atoms with Crippen LogP contribution in [0, 0.1) is 11.8 Å². The molecule has 0 spiro atoms. The Kier molecular flexibility index (Phi) is 10.0. The molecular formula is C19H38N4O2. The third-order valence-electron chi connectivity index (χ3n) is 4.44. The third-order valence-corrected chi connectivity index (χ3v) is 4.44. The molecule has 1 saturated heterocycles. The molecule has 0 radical (unpaired) electrons. The molecule has 0 saturated carbocycles. The highest BCUT2D eigenvalue weighted by Crippen LogP contribution is 2.14. The monoisotopic (exact) mass is 354 g/mol. The molecule has 2 amide bonds. The average Bonchev–Trinajstić information content (AvgIpc) is 2.53. The maximum atomic E-state index is 12.1. The van der Waals surface area contributed by atoms with Crippen molar-refractivity contribution in [3.8, 4) is 0 Å². The first kappa shape index (κ1) is 21.9. The molecule has 25 heavy (non-hydrogen) atoms. The number of rotatable bonds is 10. The van der Waals surface area contributed by atoms with E-state index in [1.54, 1.807) is 0 Å². The van der Waals surface area contributed by atoms with Crippen molar-refractivity contribution in [2.24, 2.45) is 11.8 Å². The summed E-state index contributed by atoms with van der Waals surface area (Å²) in [5, 5.41) is 5.99. The van der Waals surface area contributed by atoms with E-state index in [2.05, 4.69) is 55.1 Å². The Bertz CT molecular complexity index is 412. The van der Waals surface area contributed by atoms with Gasteiger partial charge in [-0.25, -0.2) is 0 Å². The summed E-state index contributed by atoms with van der Waals surface area (Å²) in [6, 6.07) is 0.349. The number of carbonyl (C=O) groups excluding carboxylic acids is 2. The van der Waals surface area contributed by atoms with E-state index in [1.165, 1.54) is 0 Å². The van der Waals surface area contributed by atoms with Gasteiger partial charge in [-0.1, -0.05) is 41.0 Å². The molecule has 6 heteroatoms. The van der Waals surface area contributed by atoms with Gasteiger partial charge in [-0.05, 0) is 18.3 Å². The molecule has 1 aliphatic heterocycles. The molecule has 1 fully saturated rings. The minimum atomic E-state index is 0.104. The van der Waals surface area contributed by atoms with Gasteiger partial charge in [-0.15, -0.1) is 0 Å². The van der Waals surface area contributed by atoms with Crippen molar-refractivity contribution in [3.63, 3.8) is 0 Å². The van der Waals surface area contributed by atoms with E-state index in [-0.39, 0.29) is 11.8 Å². The van der Waals surface area contributed by atoms with Crippen molar-refractivity contribution in [3.05, 3.63) is 0 Å². The van der Waals surface area contributed by atoms with Crippen LogP contribution in [0.5, 0.6) is 0 Å². The average molecular weight is 355 g/mol. The van der Waals surface area contributed by atoms with Gasteiger partial charge in [-0.3, -0.25) is 19.4 Å². The van der Waals surface area contributed by atoms with Crippen LogP contribution in [0.2, 0.25) is 0 Å². The second kappa shape index (κ2) is 11.5. The van der Waals surface area contributed by atoms with E-state index in [1.807, 2.05) is 0 Å². The van der Waals surface area contributed by atoms with Crippen LogP contribution in [-0.4, -0.2) is 73.5 Å². The predicted octanol–water partition coefficient (Wildman–Crippen LogP) is 1.32. The van der Waals surface area contributed by atoms with Gasteiger partial charge in [0, 0.05) is 38.8 Å². The molecule has 1 atom stereocenters. The highest BCUT2D eigenvalue weighted by atomic mass is 16.2. The normalized spacial score (nSPS) is 19.4. The van der Waals surface area contributed by atoms with Crippen LogP contribution in [0.4, 0.5) is 0 Å². The molecule has 0 bridgehead atoms. The van der Waals surface area contributed by atoms with Crippen molar-refractivity contribution in [2.45, 2.75) is 53.5 Å². The maximum Gasteiger partial charge on any atom is 0.234 e. The van der Waals surface area contributed by atoms with E-state index in [0.29, 0.717) is 31.0 Å². The van der Waals surface area contributed by atoms with Crippen LogP contribution >= 0.6 is 0 Å². The number of nitrogens with one attached hydrogen (secondary N) is 2. The fourth-order valence-electron chi connectivity index (χ4n) is 3.05. The first-order chi connectivity index (χ1) is 11.8. The molecule has 0 aliphatic carbocycles. The number of nitrogens with zero attached hydrogens (tertiary/aromatic N) is 2. The number of amides is 2. The Morgan fingerprint density at radius 1 is 0.960 bits per heavy atom. The lowest BCUT2D eigenvalue weighted by molar-refractivity contribution is -0.126. The molecule has 146 valence electrons. The summed E-state index contributed by atoms with van der Waals surface area (Å²) in [6.07, 6.45) is 2.14. The Balaban J connectivity index is 2.46. The molecule has 0 aromatic heterocycles. The second-order valence-electron chi connectivity index (χ2n) is 8.04. The first-order valence-electron chi connectivity index (χ1n) is 9.81. The number of hydrogen-bond acceptors (Lipinski definition) is 4. The zero-order valence-corrected chi connectivity index (χ0v) is 16.8. The topological polar surface area (TPSA) is 64.7 Å². The van der Waals surface area contributed by atoms with E-state index < -0.39 is 0 Å². The quantitative estimate of drug-likeness (QED) is 0.621. The van der Waals surface area contributed by atoms with Gasteiger partial charge in [0.2, 0.25) is 11.8 Å². The Labute approximate surface area is 153 Å². The molecule has 1 aliphatic rings. The van der Waals surface area contributed by atoms with Crippen molar-refractivity contribution in [1.29, 1.82) is 0 Å². The van der Waals surface area contributed by atoms with Gasteiger partial charge in [0.05, 0.1) is 13.1 Å². The Morgan fingerprint density at radius 2 is 1.52 bits per heavy atom. The minimum Gasteiger partial charge on any atom is -0.355 e. The molecule has 2 N–H and O–H groups in total. The van der Waals surface area contributed by atoms with Crippen LogP contribution < -0.4 is 10.6 Å².